The van der Waals surface area contributed by atoms with Gasteiger partial charge in [0.2, 0.25) is 5.95 Å². The fraction of sp³-hybridized carbons (Fsp3) is 0.227. The minimum Gasteiger partial charge on any atom is -0.497 e. The second-order valence-electron chi connectivity index (χ2n) is 6.82. The first-order valence-electron chi connectivity index (χ1n) is 9.26. The predicted octanol–water partition coefficient (Wildman–Crippen LogP) is 3.72. The van der Waals surface area contributed by atoms with Gasteiger partial charge in [0, 0.05) is 37.7 Å². The van der Waals surface area contributed by atoms with Crippen molar-refractivity contribution in [3.8, 4) is 5.75 Å². The van der Waals surface area contributed by atoms with Crippen LogP contribution in [0.3, 0.4) is 0 Å². The van der Waals surface area contributed by atoms with Crippen molar-refractivity contribution in [2.24, 2.45) is 0 Å². The van der Waals surface area contributed by atoms with Crippen molar-refractivity contribution in [2.75, 3.05) is 36.7 Å². The average molecular weight is 391 g/mol. The number of nitrogens with one attached hydrogen (secondary N) is 2. The SMILES string of the molecule is COc1ccc(CNc2nc(C)cc(C(=O)Nc3ccc(N(C)C)cc3)n2)cc1. The van der Waals surface area contributed by atoms with Gasteiger partial charge in [-0.3, -0.25) is 4.79 Å². The molecule has 0 aliphatic rings. The Morgan fingerprint density at radius 2 is 1.72 bits per heavy atom. The van der Waals surface area contributed by atoms with Gasteiger partial charge in [0.05, 0.1) is 7.11 Å². The molecule has 0 spiro atoms. The third kappa shape index (κ3) is 5.44. The predicted molar refractivity (Wildman–Crippen MR) is 116 cm³/mol. The van der Waals surface area contributed by atoms with Crippen molar-refractivity contribution in [1.29, 1.82) is 0 Å². The van der Waals surface area contributed by atoms with Crippen LogP contribution in [0.5, 0.6) is 5.75 Å². The van der Waals surface area contributed by atoms with Crippen molar-refractivity contribution in [2.45, 2.75) is 13.5 Å². The zero-order valence-corrected chi connectivity index (χ0v) is 17.1. The minimum absolute atomic E-state index is 0.277. The smallest absolute Gasteiger partial charge is 0.274 e. The molecule has 0 fully saturated rings. The molecule has 2 aromatic carbocycles. The number of nitrogens with zero attached hydrogens (tertiary/aromatic N) is 3. The van der Waals surface area contributed by atoms with Gasteiger partial charge in [-0.15, -0.1) is 0 Å². The first-order valence-corrected chi connectivity index (χ1v) is 9.26. The fourth-order valence-electron chi connectivity index (χ4n) is 2.73. The third-order valence-electron chi connectivity index (χ3n) is 4.34. The first-order chi connectivity index (χ1) is 13.9. The molecule has 0 radical (unpaired) electrons. The molecule has 7 heteroatoms. The van der Waals surface area contributed by atoms with Gasteiger partial charge in [0.15, 0.2) is 0 Å². The van der Waals surface area contributed by atoms with E-state index >= 15 is 0 Å². The monoisotopic (exact) mass is 391 g/mol. The number of methoxy groups -OCH3 is 1. The van der Waals surface area contributed by atoms with Crippen LogP contribution in [0.2, 0.25) is 0 Å². The van der Waals surface area contributed by atoms with Gasteiger partial charge < -0.3 is 20.3 Å². The summed E-state index contributed by atoms with van der Waals surface area (Å²) in [7, 11) is 5.58. The summed E-state index contributed by atoms with van der Waals surface area (Å²) < 4.78 is 5.16. The molecular formula is C22H25N5O2. The van der Waals surface area contributed by atoms with Gasteiger partial charge in [0.1, 0.15) is 11.4 Å². The van der Waals surface area contributed by atoms with Crippen molar-refractivity contribution in [3.63, 3.8) is 0 Å². The molecule has 1 heterocycles. The normalized spacial score (nSPS) is 10.3. The largest absolute Gasteiger partial charge is 0.497 e. The van der Waals surface area contributed by atoms with Crippen LogP contribution in [0.4, 0.5) is 17.3 Å². The lowest BCUT2D eigenvalue weighted by Gasteiger charge is -2.13. The highest BCUT2D eigenvalue weighted by molar-refractivity contribution is 6.03. The van der Waals surface area contributed by atoms with Crippen LogP contribution in [-0.4, -0.2) is 37.1 Å². The molecule has 3 aromatic rings. The van der Waals surface area contributed by atoms with E-state index in [-0.39, 0.29) is 5.91 Å². The van der Waals surface area contributed by atoms with Gasteiger partial charge in [0.25, 0.3) is 5.91 Å². The van der Waals surface area contributed by atoms with Crippen LogP contribution in [0, 0.1) is 6.92 Å². The van der Waals surface area contributed by atoms with Gasteiger partial charge >= 0.3 is 0 Å². The lowest BCUT2D eigenvalue weighted by Crippen LogP contribution is -2.16. The second-order valence-corrected chi connectivity index (χ2v) is 6.82. The molecule has 2 N–H and O–H groups in total. The Hall–Kier alpha value is -3.61. The standard InChI is InChI=1S/C22H25N5O2/c1-15-13-20(21(28)25-17-7-9-18(10-8-17)27(2)3)26-22(24-15)23-14-16-5-11-19(29-4)12-6-16/h5-13H,14H2,1-4H3,(H,25,28)(H,23,24,26). The van der Waals surface area contributed by atoms with Crippen LogP contribution in [0.1, 0.15) is 21.7 Å². The van der Waals surface area contributed by atoms with E-state index in [9.17, 15) is 4.79 Å². The molecular weight excluding hydrogens is 366 g/mol. The molecule has 7 nitrogen and oxygen atoms in total. The van der Waals surface area contributed by atoms with Crippen LogP contribution >= 0.6 is 0 Å². The topological polar surface area (TPSA) is 79.4 Å². The molecule has 29 heavy (non-hydrogen) atoms. The molecule has 1 amide bonds. The number of aromatic nitrogens is 2. The molecule has 0 aliphatic carbocycles. The minimum atomic E-state index is -0.277. The zero-order chi connectivity index (χ0) is 20.8. The van der Waals surface area contributed by atoms with E-state index in [2.05, 4.69) is 20.6 Å². The molecule has 150 valence electrons. The Morgan fingerprint density at radius 3 is 2.34 bits per heavy atom. The molecule has 0 bridgehead atoms. The summed E-state index contributed by atoms with van der Waals surface area (Å²) in [5.74, 6) is 0.938. The number of carbonyl (C=O) groups is 1. The van der Waals surface area contributed by atoms with Crippen molar-refractivity contribution in [3.05, 3.63) is 71.5 Å². The van der Waals surface area contributed by atoms with Gasteiger partial charge in [-0.1, -0.05) is 12.1 Å². The number of ether oxygens (including phenoxy) is 1. The Kier molecular flexibility index (Phi) is 6.29. The van der Waals surface area contributed by atoms with Crippen LogP contribution in [-0.2, 0) is 6.54 Å². The van der Waals surface area contributed by atoms with E-state index in [1.807, 2.05) is 74.4 Å². The summed E-state index contributed by atoms with van der Waals surface area (Å²) in [6.07, 6.45) is 0. The molecule has 0 saturated carbocycles. The summed E-state index contributed by atoms with van der Waals surface area (Å²) in [6, 6.07) is 17.0. The zero-order valence-electron chi connectivity index (χ0n) is 17.1. The maximum Gasteiger partial charge on any atom is 0.274 e. The number of hydrogen-bond donors (Lipinski definition) is 2. The number of benzene rings is 2. The van der Waals surface area contributed by atoms with Gasteiger partial charge in [-0.05, 0) is 55.0 Å². The van der Waals surface area contributed by atoms with E-state index in [4.69, 9.17) is 4.74 Å². The van der Waals surface area contributed by atoms with E-state index in [1.54, 1.807) is 13.2 Å². The first kappa shape index (κ1) is 20.1. The third-order valence-corrected chi connectivity index (χ3v) is 4.34. The number of carbonyl (C=O) groups excluding carboxylic acids is 1. The fourth-order valence-corrected chi connectivity index (χ4v) is 2.73. The highest BCUT2D eigenvalue weighted by atomic mass is 16.5. The molecule has 3 rings (SSSR count). The van der Waals surface area contributed by atoms with E-state index in [1.165, 1.54) is 0 Å². The Morgan fingerprint density at radius 1 is 1.03 bits per heavy atom. The molecule has 1 aromatic heterocycles. The van der Waals surface area contributed by atoms with Gasteiger partial charge in [-0.2, -0.15) is 0 Å². The average Bonchev–Trinajstić information content (AvgIpc) is 2.72. The summed E-state index contributed by atoms with van der Waals surface area (Å²) in [5, 5.41) is 6.05. The van der Waals surface area contributed by atoms with Crippen molar-refractivity contribution in [1.82, 2.24) is 9.97 Å². The number of hydrogen-bond acceptors (Lipinski definition) is 6. The lowest BCUT2D eigenvalue weighted by atomic mass is 10.2. The molecule has 0 unspecified atom stereocenters. The Labute approximate surface area is 170 Å². The van der Waals surface area contributed by atoms with Gasteiger partial charge in [-0.25, -0.2) is 9.97 Å². The number of amides is 1. The molecule has 0 saturated heterocycles. The quantitative estimate of drug-likeness (QED) is 0.639. The van der Waals surface area contributed by atoms with Crippen LogP contribution in [0.15, 0.2) is 54.6 Å². The van der Waals surface area contributed by atoms with Crippen LogP contribution in [0.25, 0.3) is 0 Å². The summed E-state index contributed by atoms with van der Waals surface area (Å²) in [5.41, 5.74) is 3.86. The summed E-state index contributed by atoms with van der Waals surface area (Å²) >= 11 is 0. The molecule has 0 atom stereocenters. The highest BCUT2D eigenvalue weighted by Crippen LogP contribution is 2.17. The lowest BCUT2D eigenvalue weighted by molar-refractivity contribution is 0.102. The summed E-state index contributed by atoms with van der Waals surface area (Å²) in [6.45, 7) is 2.38. The summed E-state index contributed by atoms with van der Waals surface area (Å²) in [4.78, 5) is 23.4. The van der Waals surface area contributed by atoms with Crippen LogP contribution < -0.4 is 20.3 Å². The second kappa shape index (κ2) is 9.05. The highest BCUT2D eigenvalue weighted by Gasteiger charge is 2.11. The van der Waals surface area contributed by atoms with Crippen molar-refractivity contribution < 1.29 is 9.53 Å². The van der Waals surface area contributed by atoms with Crippen molar-refractivity contribution >= 4 is 23.2 Å². The maximum atomic E-state index is 12.6. The number of aryl methyl sites for hydroxylation is 1. The number of anilines is 3. The van der Waals surface area contributed by atoms with E-state index < -0.39 is 0 Å². The maximum absolute atomic E-state index is 12.6. The van der Waals surface area contributed by atoms with E-state index in [0.717, 1.165) is 17.0 Å². The Balaban J connectivity index is 1.67. The van der Waals surface area contributed by atoms with E-state index in [0.29, 0.717) is 29.6 Å². The Bertz CT molecular complexity index is 969. The number of rotatable bonds is 7. The molecule has 0 aliphatic heterocycles.